The molecule has 40 valence electrons. The van der Waals surface area contributed by atoms with E-state index in [0.717, 1.165) is 4.20 Å². The van der Waals surface area contributed by atoms with Crippen LogP contribution in [0.4, 0.5) is 0 Å². The normalized spacial score (nSPS) is 31.6. The second-order valence-electron chi connectivity index (χ2n) is 1.04. The molecule has 1 unspecified atom stereocenters. The van der Waals surface area contributed by atoms with Gasteiger partial charge in [-0.25, -0.2) is 4.13 Å². The molecule has 1 aliphatic rings. The molecule has 7 heavy (non-hydrogen) atoms. The summed E-state index contributed by atoms with van der Waals surface area (Å²) in [7, 11) is 0. The van der Waals surface area contributed by atoms with E-state index in [1.165, 1.54) is 23.9 Å². The van der Waals surface area contributed by atoms with E-state index in [1.54, 1.807) is 0 Å². The van der Waals surface area contributed by atoms with E-state index in [4.69, 9.17) is 18.0 Å². The Kier molecular flexibility index (Phi) is 1.94. The summed E-state index contributed by atoms with van der Waals surface area (Å²) in [4.78, 5) is 0. The fraction of sp³-hybridized carbons (Fsp3) is 0.500. The highest BCUT2D eigenvalue weighted by atomic mass is 32.2. The molecule has 0 saturated carbocycles. The molecule has 0 radical (unpaired) electrons. The standard InChI is InChI=1S/C2H4N2S3/c3-1-2(5)7-4-6-1/h1,4H,3H2. The van der Waals surface area contributed by atoms with Gasteiger partial charge in [0.05, 0.1) is 4.20 Å². The first kappa shape index (κ1) is 5.84. The highest BCUT2D eigenvalue weighted by molar-refractivity contribution is 8.32. The lowest BCUT2D eigenvalue weighted by atomic mass is 10.8. The Balaban J connectivity index is 2.48. The minimum Gasteiger partial charge on any atom is -0.313 e. The van der Waals surface area contributed by atoms with E-state index in [1.807, 2.05) is 0 Å². The van der Waals surface area contributed by atoms with Gasteiger partial charge in [-0.1, -0.05) is 12.2 Å². The Morgan fingerprint density at radius 2 is 2.57 bits per heavy atom. The van der Waals surface area contributed by atoms with Crippen molar-refractivity contribution in [3.63, 3.8) is 0 Å². The van der Waals surface area contributed by atoms with Gasteiger partial charge in [-0.15, -0.1) is 0 Å². The molecule has 5 heteroatoms. The van der Waals surface area contributed by atoms with Crippen molar-refractivity contribution in [3.8, 4) is 0 Å². The topological polar surface area (TPSA) is 38.0 Å². The predicted octanol–water partition coefficient (Wildman–Crippen LogP) is 0.498. The fourth-order valence-electron chi connectivity index (χ4n) is 0.223. The smallest absolute Gasteiger partial charge is 0.109 e. The molecule has 0 amide bonds. The van der Waals surface area contributed by atoms with Crippen LogP contribution in [0.25, 0.3) is 0 Å². The fourth-order valence-corrected chi connectivity index (χ4v) is 2.11. The molecule has 1 aliphatic heterocycles. The van der Waals surface area contributed by atoms with Gasteiger partial charge in [-0.2, -0.15) is 0 Å². The van der Waals surface area contributed by atoms with Gasteiger partial charge in [0, 0.05) is 0 Å². The largest absolute Gasteiger partial charge is 0.313 e. The van der Waals surface area contributed by atoms with Crippen LogP contribution >= 0.6 is 36.1 Å². The molecular weight excluding hydrogens is 148 g/mol. The van der Waals surface area contributed by atoms with Crippen LogP contribution in [0.1, 0.15) is 0 Å². The summed E-state index contributed by atoms with van der Waals surface area (Å²) in [6.45, 7) is 0. The van der Waals surface area contributed by atoms with E-state index in [-0.39, 0.29) is 5.37 Å². The van der Waals surface area contributed by atoms with E-state index in [9.17, 15) is 0 Å². The molecule has 0 aromatic carbocycles. The molecule has 0 aromatic heterocycles. The minimum atomic E-state index is 0.0139. The monoisotopic (exact) mass is 152 g/mol. The first-order valence-electron chi connectivity index (χ1n) is 1.67. The highest BCUT2D eigenvalue weighted by Gasteiger charge is 2.16. The zero-order chi connectivity index (χ0) is 5.28. The molecule has 1 atom stereocenters. The zero-order valence-electron chi connectivity index (χ0n) is 3.38. The van der Waals surface area contributed by atoms with Gasteiger partial charge < -0.3 is 5.73 Å². The Bertz CT molecular complexity index is 92.9. The van der Waals surface area contributed by atoms with Gasteiger partial charge in [-0.05, 0) is 23.9 Å². The Morgan fingerprint density at radius 3 is 2.71 bits per heavy atom. The lowest BCUT2D eigenvalue weighted by Crippen LogP contribution is -2.17. The average Bonchev–Trinajstić information content (AvgIpc) is 1.91. The Morgan fingerprint density at radius 1 is 1.86 bits per heavy atom. The Hall–Kier alpha value is 0.710. The van der Waals surface area contributed by atoms with Crippen molar-refractivity contribution in [2.75, 3.05) is 0 Å². The van der Waals surface area contributed by atoms with Crippen molar-refractivity contribution in [3.05, 3.63) is 0 Å². The third kappa shape index (κ3) is 1.30. The van der Waals surface area contributed by atoms with Crippen LogP contribution in [0.2, 0.25) is 0 Å². The highest BCUT2D eigenvalue weighted by Crippen LogP contribution is 2.21. The zero-order valence-corrected chi connectivity index (χ0v) is 5.83. The maximum absolute atomic E-state index is 5.42. The van der Waals surface area contributed by atoms with Gasteiger partial charge in [0.15, 0.2) is 0 Å². The van der Waals surface area contributed by atoms with Crippen molar-refractivity contribution in [2.45, 2.75) is 5.37 Å². The van der Waals surface area contributed by atoms with Crippen molar-refractivity contribution < 1.29 is 0 Å². The third-order valence-corrected chi connectivity index (χ3v) is 3.01. The van der Waals surface area contributed by atoms with E-state index >= 15 is 0 Å². The molecule has 0 aliphatic carbocycles. The molecule has 1 fully saturated rings. The van der Waals surface area contributed by atoms with Crippen molar-refractivity contribution in [2.24, 2.45) is 5.73 Å². The van der Waals surface area contributed by atoms with Gasteiger partial charge in [0.2, 0.25) is 0 Å². The first-order chi connectivity index (χ1) is 3.30. The van der Waals surface area contributed by atoms with Crippen molar-refractivity contribution >= 4 is 40.3 Å². The number of thiocarbonyl (C=S) groups is 1. The predicted molar refractivity (Wildman–Crippen MR) is 38.9 cm³/mol. The van der Waals surface area contributed by atoms with Crippen molar-refractivity contribution in [1.29, 1.82) is 0 Å². The number of nitrogens with one attached hydrogen (secondary N) is 1. The molecule has 1 heterocycles. The molecule has 3 N–H and O–H groups in total. The second kappa shape index (κ2) is 2.32. The van der Waals surface area contributed by atoms with E-state index in [0.29, 0.717) is 0 Å². The third-order valence-electron chi connectivity index (χ3n) is 0.550. The number of hydrogen-bond donors (Lipinski definition) is 2. The molecule has 2 nitrogen and oxygen atoms in total. The first-order valence-corrected chi connectivity index (χ1v) is 3.78. The molecule has 0 bridgehead atoms. The summed E-state index contributed by atoms with van der Waals surface area (Å²) in [5, 5.41) is 0.0139. The lowest BCUT2D eigenvalue weighted by Gasteiger charge is -1.91. The maximum Gasteiger partial charge on any atom is 0.109 e. The second-order valence-corrected chi connectivity index (χ2v) is 3.80. The average molecular weight is 152 g/mol. The van der Waals surface area contributed by atoms with Crippen LogP contribution in [0, 0.1) is 0 Å². The number of hydrogen-bond acceptors (Lipinski definition) is 5. The summed E-state index contributed by atoms with van der Waals surface area (Å²) >= 11 is 7.68. The number of rotatable bonds is 0. The molecule has 1 saturated heterocycles. The van der Waals surface area contributed by atoms with Crippen LogP contribution in [0.5, 0.6) is 0 Å². The quantitative estimate of drug-likeness (QED) is 0.390. The molecule has 1 rings (SSSR count). The van der Waals surface area contributed by atoms with Crippen LogP contribution in [0.15, 0.2) is 0 Å². The maximum atomic E-state index is 5.42. The number of nitrogens with two attached hydrogens (primary N) is 1. The van der Waals surface area contributed by atoms with E-state index < -0.39 is 0 Å². The summed E-state index contributed by atoms with van der Waals surface area (Å²) in [6, 6.07) is 0. The summed E-state index contributed by atoms with van der Waals surface area (Å²) in [6.07, 6.45) is 0. The molecule has 0 aromatic rings. The summed E-state index contributed by atoms with van der Waals surface area (Å²) in [5.41, 5.74) is 5.42. The van der Waals surface area contributed by atoms with Crippen LogP contribution < -0.4 is 9.86 Å². The SMILES string of the molecule is NC1SNSC1=S. The van der Waals surface area contributed by atoms with Crippen LogP contribution in [0.3, 0.4) is 0 Å². The van der Waals surface area contributed by atoms with Gasteiger partial charge in [0.25, 0.3) is 0 Å². The van der Waals surface area contributed by atoms with Crippen LogP contribution in [-0.4, -0.2) is 9.57 Å². The summed E-state index contributed by atoms with van der Waals surface area (Å²) in [5.74, 6) is 0. The van der Waals surface area contributed by atoms with Crippen LogP contribution in [-0.2, 0) is 0 Å². The van der Waals surface area contributed by atoms with Crippen molar-refractivity contribution in [1.82, 2.24) is 4.13 Å². The van der Waals surface area contributed by atoms with E-state index in [2.05, 4.69) is 4.13 Å². The molecular formula is C2H4N2S3. The van der Waals surface area contributed by atoms with Gasteiger partial charge in [0.1, 0.15) is 5.37 Å². The van der Waals surface area contributed by atoms with Gasteiger partial charge in [-0.3, -0.25) is 0 Å². The Labute approximate surface area is 55.9 Å². The van der Waals surface area contributed by atoms with Gasteiger partial charge >= 0.3 is 0 Å². The lowest BCUT2D eigenvalue weighted by molar-refractivity contribution is 1.26. The minimum absolute atomic E-state index is 0.0139. The molecule has 0 spiro atoms. The summed E-state index contributed by atoms with van der Waals surface area (Å²) < 4.78 is 3.73.